The van der Waals surface area contributed by atoms with Crippen LogP contribution in [0.5, 0.6) is 0 Å². The summed E-state index contributed by atoms with van der Waals surface area (Å²) in [6, 6.07) is 7.94. The molecule has 0 saturated heterocycles. The second-order valence-corrected chi connectivity index (χ2v) is 3.81. The van der Waals surface area contributed by atoms with Gasteiger partial charge < -0.3 is 10.1 Å². The maximum atomic E-state index is 9.89. The quantitative estimate of drug-likeness (QED) is 0.686. The van der Waals surface area contributed by atoms with E-state index in [0.29, 0.717) is 0 Å². The lowest BCUT2D eigenvalue weighted by Crippen LogP contribution is -2.15. The van der Waals surface area contributed by atoms with E-state index in [-0.39, 0.29) is 0 Å². The van der Waals surface area contributed by atoms with Gasteiger partial charge in [-0.25, -0.2) is 0 Å². The molecule has 2 aromatic rings. The highest BCUT2D eigenvalue weighted by atomic mass is 16.3. The summed E-state index contributed by atoms with van der Waals surface area (Å²) in [4.78, 5) is 3.13. The van der Waals surface area contributed by atoms with Gasteiger partial charge in [-0.3, -0.25) is 0 Å². The Morgan fingerprint density at radius 3 is 2.69 bits per heavy atom. The van der Waals surface area contributed by atoms with Crippen LogP contribution in [-0.2, 0) is 5.60 Å². The minimum atomic E-state index is -0.787. The van der Waals surface area contributed by atoms with E-state index in [1.54, 1.807) is 13.8 Å². The molecule has 1 aromatic carbocycles. The Balaban J connectivity index is 2.75. The number of para-hydroxylation sites is 1. The van der Waals surface area contributed by atoms with E-state index in [0.717, 1.165) is 16.5 Å². The number of nitrogens with one attached hydrogen (secondary N) is 1. The Kier molecular flexibility index (Phi) is 1.67. The fourth-order valence-corrected chi connectivity index (χ4v) is 1.59. The number of benzene rings is 1. The molecule has 2 heteroatoms. The van der Waals surface area contributed by atoms with Gasteiger partial charge in [-0.05, 0) is 25.3 Å². The van der Waals surface area contributed by atoms with Crippen LogP contribution in [0.25, 0.3) is 10.9 Å². The van der Waals surface area contributed by atoms with E-state index in [9.17, 15) is 5.11 Å². The summed E-state index contributed by atoms with van der Waals surface area (Å²) in [7, 11) is 0. The Bertz CT molecular complexity index is 423. The van der Waals surface area contributed by atoms with E-state index in [1.165, 1.54) is 0 Å². The van der Waals surface area contributed by atoms with Crippen molar-refractivity contribution in [3.05, 3.63) is 36.0 Å². The zero-order valence-corrected chi connectivity index (χ0v) is 7.83. The number of H-pyrrole nitrogens is 1. The monoisotopic (exact) mass is 175 g/mol. The second kappa shape index (κ2) is 2.60. The molecule has 0 aliphatic rings. The molecule has 0 aliphatic heterocycles. The Morgan fingerprint density at radius 2 is 2.00 bits per heavy atom. The Labute approximate surface area is 77.2 Å². The molecule has 0 fully saturated rings. The van der Waals surface area contributed by atoms with E-state index in [4.69, 9.17) is 0 Å². The third-order valence-corrected chi connectivity index (χ3v) is 2.25. The van der Waals surface area contributed by atoms with Crippen LogP contribution in [0.1, 0.15) is 19.4 Å². The summed E-state index contributed by atoms with van der Waals surface area (Å²) in [5.74, 6) is 0. The molecule has 2 nitrogen and oxygen atoms in total. The normalized spacial score (nSPS) is 12.2. The molecule has 1 heterocycles. The van der Waals surface area contributed by atoms with Gasteiger partial charge in [-0.15, -0.1) is 0 Å². The molecule has 0 bridgehead atoms. The lowest BCUT2D eigenvalue weighted by Gasteiger charge is -2.18. The lowest BCUT2D eigenvalue weighted by molar-refractivity contribution is 0.0800. The topological polar surface area (TPSA) is 36.0 Å². The van der Waals surface area contributed by atoms with E-state index in [1.807, 2.05) is 30.5 Å². The molecule has 13 heavy (non-hydrogen) atoms. The first-order chi connectivity index (χ1) is 6.09. The molecule has 0 atom stereocenters. The number of fused-ring (bicyclic) bond motifs is 1. The molecule has 0 unspecified atom stereocenters. The largest absolute Gasteiger partial charge is 0.386 e. The zero-order valence-electron chi connectivity index (χ0n) is 7.83. The number of rotatable bonds is 1. The van der Waals surface area contributed by atoms with Crippen LogP contribution < -0.4 is 0 Å². The average Bonchev–Trinajstić information content (AvgIpc) is 2.48. The standard InChI is InChI=1S/C11H13NO/c1-11(2,13)9-5-3-4-8-6-7-12-10(8)9/h3-7,12-13H,1-2H3. The molecule has 0 radical (unpaired) electrons. The minimum absolute atomic E-state index is 0.787. The maximum absolute atomic E-state index is 9.89. The summed E-state index contributed by atoms with van der Waals surface area (Å²) in [5.41, 5.74) is 1.18. The maximum Gasteiger partial charge on any atom is 0.0860 e. The van der Waals surface area contributed by atoms with Crippen LogP contribution in [-0.4, -0.2) is 10.1 Å². The molecule has 0 aliphatic carbocycles. The number of aromatic nitrogens is 1. The van der Waals surface area contributed by atoms with Crippen molar-refractivity contribution in [1.82, 2.24) is 4.98 Å². The fraction of sp³-hybridized carbons (Fsp3) is 0.273. The molecule has 0 spiro atoms. The third-order valence-electron chi connectivity index (χ3n) is 2.25. The SMILES string of the molecule is CC(C)(O)c1cccc2cc[nH]c12. The van der Waals surface area contributed by atoms with Gasteiger partial charge in [0, 0.05) is 11.8 Å². The molecule has 68 valence electrons. The summed E-state index contributed by atoms with van der Waals surface area (Å²) in [6.07, 6.45) is 1.89. The van der Waals surface area contributed by atoms with Gasteiger partial charge >= 0.3 is 0 Å². The molecular formula is C11H13NO. The summed E-state index contributed by atoms with van der Waals surface area (Å²) in [6.45, 7) is 3.59. The van der Waals surface area contributed by atoms with Crippen LogP contribution in [0.15, 0.2) is 30.5 Å². The first kappa shape index (κ1) is 8.32. The van der Waals surface area contributed by atoms with Crippen LogP contribution in [0.4, 0.5) is 0 Å². The van der Waals surface area contributed by atoms with Crippen molar-refractivity contribution in [2.24, 2.45) is 0 Å². The van der Waals surface area contributed by atoms with Gasteiger partial charge in [0.2, 0.25) is 0 Å². The van der Waals surface area contributed by atoms with Crippen molar-refractivity contribution < 1.29 is 5.11 Å². The van der Waals surface area contributed by atoms with Gasteiger partial charge in [0.25, 0.3) is 0 Å². The van der Waals surface area contributed by atoms with Crippen molar-refractivity contribution in [1.29, 1.82) is 0 Å². The third kappa shape index (κ3) is 1.33. The Morgan fingerprint density at radius 1 is 1.23 bits per heavy atom. The van der Waals surface area contributed by atoms with Gasteiger partial charge in [0.1, 0.15) is 0 Å². The first-order valence-electron chi connectivity index (χ1n) is 4.38. The number of aromatic amines is 1. The number of hydrogen-bond donors (Lipinski definition) is 2. The zero-order chi connectivity index (χ0) is 9.47. The molecule has 0 amide bonds. The van der Waals surface area contributed by atoms with E-state index in [2.05, 4.69) is 4.98 Å². The van der Waals surface area contributed by atoms with Crippen molar-refractivity contribution >= 4 is 10.9 Å². The highest BCUT2D eigenvalue weighted by molar-refractivity contribution is 5.83. The second-order valence-electron chi connectivity index (χ2n) is 3.81. The molecule has 2 rings (SSSR count). The summed E-state index contributed by atoms with van der Waals surface area (Å²) >= 11 is 0. The average molecular weight is 175 g/mol. The van der Waals surface area contributed by atoms with E-state index < -0.39 is 5.60 Å². The first-order valence-corrected chi connectivity index (χ1v) is 4.38. The highest BCUT2D eigenvalue weighted by Gasteiger charge is 2.18. The van der Waals surface area contributed by atoms with Gasteiger partial charge in [-0.1, -0.05) is 18.2 Å². The van der Waals surface area contributed by atoms with Crippen LogP contribution >= 0.6 is 0 Å². The van der Waals surface area contributed by atoms with E-state index >= 15 is 0 Å². The van der Waals surface area contributed by atoms with Crippen LogP contribution in [0, 0.1) is 0 Å². The van der Waals surface area contributed by atoms with Crippen molar-refractivity contribution in [2.45, 2.75) is 19.4 Å². The van der Waals surface area contributed by atoms with Gasteiger partial charge in [-0.2, -0.15) is 0 Å². The lowest BCUT2D eigenvalue weighted by atomic mass is 9.96. The van der Waals surface area contributed by atoms with Gasteiger partial charge in [0.15, 0.2) is 0 Å². The smallest absolute Gasteiger partial charge is 0.0860 e. The predicted molar refractivity (Wildman–Crippen MR) is 53.5 cm³/mol. The minimum Gasteiger partial charge on any atom is -0.386 e. The molecular weight excluding hydrogens is 162 g/mol. The van der Waals surface area contributed by atoms with Gasteiger partial charge in [0.05, 0.1) is 11.1 Å². The fourth-order valence-electron chi connectivity index (χ4n) is 1.59. The predicted octanol–water partition coefficient (Wildman–Crippen LogP) is 2.40. The number of aliphatic hydroxyl groups is 1. The van der Waals surface area contributed by atoms with Crippen LogP contribution in [0.3, 0.4) is 0 Å². The Hall–Kier alpha value is -1.28. The highest BCUT2D eigenvalue weighted by Crippen LogP contribution is 2.26. The molecule has 2 N–H and O–H groups in total. The van der Waals surface area contributed by atoms with Crippen molar-refractivity contribution in [2.75, 3.05) is 0 Å². The van der Waals surface area contributed by atoms with Crippen LogP contribution in [0.2, 0.25) is 0 Å². The summed E-state index contributed by atoms with van der Waals surface area (Å²) < 4.78 is 0. The van der Waals surface area contributed by atoms with Crippen molar-refractivity contribution in [3.8, 4) is 0 Å². The molecule has 0 saturated carbocycles. The summed E-state index contributed by atoms with van der Waals surface area (Å²) in [5, 5.41) is 11.0. The molecule has 1 aromatic heterocycles. The number of hydrogen-bond acceptors (Lipinski definition) is 1. The van der Waals surface area contributed by atoms with Crippen molar-refractivity contribution in [3.63, 3.8) is 0 Å².